The number of likely N-dealkylation sites (tertiary alicyclic amines) is 1. The third kappa shape index (κ3) is 6.91. The molecule has 0 amide bonds. The van der Waals surface area contributed by atoms with Gasteiger partial charge in [0.2, 0.25) is 0 Å². The number of phenols is 2. The summed E-state index contributed by atoms with van der Waals surface area (Å²) < 4.78 is 13.2. The van der Waals surface area contributed by atoms with Crippen molar-refractivity contribution < 1.29 is 24.5 Å². The molecule has 2 aromatic carbocycles. The number of rotatable bonds is 8. The van der Waals surface area contributed by atoms with Gasteiger partial charge in [0.05, 0.1) is 5.76 Å². The maximum absolute atomic E-state index is 13.2. The molecule has 39 heavy (non-hydrogen) atoms. The van der Waals surface area contributed by atoms with Crippen LogP contribution in [0.4, 0.5) is 4.39 Å². The summed E-state index contributed by atoms with van der Waals surface area (Å²) in [7, 11) is 0. The average Bonchev–Trinajstić information content (AvgIpc) is 2.95. The Balaban J connectivity index is 1.05. The number of benzene rings is 2. The van der Waals surface area contributed by atoms with Crippen molar-refractivity contribution in [1.29, 1.82) is 0 Å². The van der Waals surface area contributed by atoms with Gasteiger partial charge in [-0.2, -0.15) is 0 Å². The predicted molar refractivity (Wildman–Crippen MR) is 150 cm³/mol. The van der Waals surface area contributed by atoms with Gasteiger partial charge in [-0.25, -0.2) is 4.39 Å². The molecule has 3 aliphatic rings. The lowest BCUT2D eigenvalue weighted by atomic mass is 9.68. The van der Waals surface area contributed by atoms with E-state index in [1.165, 1.54) is 43.4 Å². The lowest BCUT2D eigenvalue weighted by Crippen LogP contribution is -2.37. The van der Waals surface area contributed by atoms with Crippen LogP contribution >= 0.6 is 0 Å². The van der Waals surface area contributed by atoms with Crippen LogP contribution in [0.5, 0.6) is 11.5 Å². The van der Waals surface area contributed by atoms with E-state index in [2.05, 4.69) is 4.90 Å². The van der Waals surface area contributed by atoms with Crippen molar-refractivity contribution in [2.45, 2.75) is 64.3 Å². The third-order valence-corrected chi connectivity index (χ3v) is 9.28. The van der Waals surface area contributed by atoms with Crippen molar-refractivity contribution in [2.24, 2.45) is 23.7 Å². The van der Waals surface area contributed by atoms with Crippen molar-refractivity contribution in [3.63, 3.8) is 0 Å². The van der Waals surface area contributed by atoms with Gasteiger partial charge in [-0.15, -0.1) is 0 Å². The molecule has 0 spiro atoms. The Morgan fingerprint density at radius 1 is 0.821 bits per heavy atom. The molecule has 1 saturated heterocycles. The number of aryl methyl sites for hydroxylation is 1. The molecule has 2 aliphatic carbocycles. The Morgan fingerprint density at radius 3 is 2.13 bits per heavy atom. The number of carbonyl (C=O) groups excluding carboxylic acids is 1. The van der Waals surface area contributed by atoms with E-state index >= 15 is 0 Å². The van der Waals surface area contributed by atoms with Gasteiger partial charge >= 0.3 is 0 Å². The smallest absolute Gasteiger partial charge is 0.163 e. The number of halogens is 1. The van der Waals surface area contributed by atoms with Crippen LogP contribution in [0.1, 0.15) is 62.5 Å². The fourth-order valence-corrected chi connectivity index (χ4v) is 6.90. The van der Waals surface area contributed by atoms with E-state index in [9.17, 15) is 24.5 Å². The number of aliphatic hydroxyl groups is 1. The molecule has 1 heterocycles. The SMILES string of the molecule is O=C(CCc1ccc(O)c(O)c1)C1=CCC(C2CCC(C3CCN(Cc4ccc(F)cc4)CC3)CC2)C(O)=C1. The number of aromatic hydroxyl groups is 2. The van der Waals surface area contributed by atoms with Crippen molar-refractivity contribution in [1.82, 2.24) is 4.90 Å². The average molecular weight is 534 g/mol. The standard InChI is InChI=1S/C33H40FNO4/c34-28-10-1-23(2-11-28)21-35-17-15-25(16-18-35)24-5-7-26(8-6-24)29-12-9-27(20-32(29)38)30(36)13-3-22-4-14-31(37)33(39)19-22/h1-2,4,9-11,14,19-20,24-26,29,37-39H,3,5-8,12-13,15-18,21H2. The van der Waals surface area contributed by atoms with Crippen molar-refractivity contribution >= 4 is 5.78 Å². The van der Waals surface area contributed by atoms with Crippen molar-refractivity contribution in [2.75, 3.05) is 13.1 Å². The number of carbonyl (C=O) groups is 1. The molecule has 1 unspecified atom stereocenters. The summed E-state index contributed by atoms with van der Waals surface area (Å²) in [5.41, 5.74) is 2.54. The minimum Gasteiger partial charge on any atom is -0.512 e. The highest BCUT2D eigenvalue weighted by molar-refractivity contribution is 5.98. The largest absolute Gasteiger partial charge is 0.512 e. The maximum atomic E-state index is 13.2. The van der Waals surface area contributed by atoms with Gasteiger partial charge in [0.15, 0.2) is 17.3 Å². The van der Waals surface area contributed by atoms with Crippen LogP contribution < -0.4 is 0 Å². The number of ketones is 1. The summed E-state index contributed by atoms with van der Waals surface area (Å²) in [4.78, 5) is 15.2. The molecule has 1 saturated carbocycles. The van der Waals surface area contributed by atoms with Crippen LogP contribution in [0.3, 0.4) is 0 Å². The van der Waals surface area contributed by atoms with Crippen LogP contribution in [0.15, 0.2) is 65.9 Å². The molecular weight excluding hydrogens is 493 g/mol. The maximum Gasteiger partial charge on any atom is 0.163 e. The lowest BCUT2D eigenvalue weighted by Gasteiger charge is -2.41. The van der Waals surface area contributed by atoms with Crippen LogP contribution in [0.25, 0.3) is 0 Å². The molecule has 1 aliphatic heterocycles. The zero-order valence-electron chi connectivity index (χ0n) is 22.6. The van der Waals surface area contributed by atoms with E-state index in [1.54, 1.807) is 24.3 Å². The second-order valence-electron chi connectivity index (χ2n) is 11.7. The molecule has 2 fully saturated rings. The van der Waals surface area contributed by atoms with E-state index in [1.807, 2.05) is 18.2 Å². The molecule has 3 N–H and O–H groups in total. The third-order valence-electron chi connectivity index (χ3n) is 9.28. The van der Waals surface area contributed by atoms with Gasteiger partial charge in [0.25, 0.3) is 0 Å². The molecule has 5 rings (SSSR count). The Bertz CT molecular complexity index is 1200. The molecule has 5 nitrogen and oxygen atoms in total. The zero-order valence-corrected chi connectivity index (χ0v) is 22.6. The summed E-state index contributed by atoms with van der Waals surface area (Å²) >= 11 is 0. The fraction of sp³-hybridized carbons (Fsp3) is 0.485. The van der Waals surface area contributed by atoms with Gasteiger partial charge in [0.1, 0.15) is 5.82 Å². The Morgan fingerprint density at radius 2 is 1.46 bits per heavy atom. The van der Waals surface area contributed by atoms with Gasteiger partial charge in [-0.1, -0.05) is 24.3 Å². The summed E-state index contributed by atoms with van der Waals surface area (Å²) in [6.45, 7) is 3.10. The van der Waals surface area contributed by atoms with Crippen molar-refractivity contribution in [3.8, 4) is 11.5 Å². The summed E-state index contributed by atoms with van der Waals surface area (Å²) in [5, 5.41) is 30.0. The fourth-order valence-electron chi connectivity index (χ4n) is 6.90. The van der Waals surface area contributed by atoms with Crippen LogP contribution in [0, 0.1) is 29.5 Å². The van der Waals surface area contributed by atoms with Crippen LogP contribution in [-0.4, -0.2) is 39.1 Å². The first-order valence-corrected chi connectivity index (χ1v) is 14.5. The Hall–Kier alpha value is -3.12. The number of piperidine rings is 1. The second kappa shape index (κ2) is 12.4. The molecule has 0 bridgehead atoms. The number of hydrogen-bond donors (Lipinski definition) is 3. The molecule has 0 radical (unpaired) electrons. The minimum atomic E-state index is -0.181. The van der Waals surface area contributed by atoms with Gasteiger partial charge in [-0.05, 0) is 124 Å². The molecule has 208 valence electrons. The van der Waals surface area contributed by atoms with Crippen molar-refractivity contribution in [3.05, 3.63) is 82.9 Å². The first-order chi connectivity index (χ1) is 18.9. The molecule has 0 aromatic heterocycles. The van der Waals surface area contributed by atoms with E-state index in [-0.39, 0.29) is 29.0 Å². The first kappa shape index (κ1) is 27.4. The number of phenolic OH excluding ortho intramolecular Hbond substituents is 2. The predicted octanol–water partition coefficient (Wildman–Crippen LogP) is 6.85. The Kier molecular flexibility index (Phi) is 8.71. The zero-order chi connectivity index (χ0) is 27.4. The quantitative estimate of drug-likeness (QED) is 0.324. The first-order valence-electron chi connectivity index (χ1n) is 14.5. The molecule has 1 atom stereocenters. The van der Waals surface area contributed by atoms with E-state index < -0.39 is 0 Å². The van der Waals surface area contributed by atoms with E-state index in [0.717, 1.165) is 49.9 Å². The highest BCUT2D eigenvalue weighted by atomic mass is 19.1. The number of Topliss-reactive ketones (excluding diaryl/α,β-unsaturated/α-hetero) is 1. The molecular formula is C33H40FNO4. The summed E-state index contributed by atoms with van der Waals surface area (Å²) in [6.07, 6.45) is 12.3. The van der Waals surface area contributed by atoms with Gasteiger partial charge < -0.3 is 15.3 Å². The van der Waals surface area contributed by atoms with E-state index in [4.69, 9.17) is 0 Å². The summed E-state index contributed by atoms with van der Waals surface area (Å²) in [5.74, 6) is 1.90. The molecule has 6 heteroatoms. The Labute approximate surface area is 230 Å². The minimum absolute atomic E-state index is 0.0120. The number of nitrogens with zero attached hydrogens (tertiary/aromatic N) is 1. The van der Waals surface area contributed by atoms with Gasteiger partial charge in [0, 0.05) is 24.5 Å². The topological polar surface area (TPSA) is 81.0 Å². The van der Waals surface area contributed by atoms with Crippen LogP contribution in [-0.2, 0) is 17.8 Å². The number of hydrogen-bond acceptors (Lipinski definition) is 5. The lowest BCUT2D eigenvalue weighted by molar-refractivity contribution is -0.115. The summed E-state index contributed by atoms with van der Waals surface area (Å²) in [6, 6.07) is 11.5. The van der Waals surface area contributed by atoms with Crippen LogP contribution in [0.2, 0.25) is 0 Å². The highest BCUT2D eigenvalue weighted by Crippen LogP contribution is 2.43. The van der Waals surface area contributed by atoms with Gasteiger partial charge in [-0.3, -0.25) is 9.69 Å². The normalized spacial score (nSPS) is 24.7. The van der Waals surface area contributed by atoms with E-state index in [0.29, 0.717) is 36.5 Å². The monoisotopic (exact) mass is 533 g/mol. The highest BCUT2D eigenvalue weighted by Gasteiger charge is 2.35. The second-order valence-corrected chi connectivity index (χ2v) is 11.7. The molecule has 2 aromatic rings. The number of allylic oxidation sites excluding steroid dienone is 4. The number of aliphatic hydroxyl groups excluding tert-OH is 1.